The molecule has 0 bridgehead atoms. The smallest absolute Gasteiger partial charge is 0.339 e. The third-order valence-corrected chi connectivity index (χ3v) is 4.29. The molecule has 6 heteroatoms. The largest absolute Gasteiger partial charge is 0.465 e. The van der Waals surface area contributed by atoms with Crippen molar-refractivity contribution in [2.24, 2.45) is 0 Å². The lowest BCUT2D eigenvalue weighted by Gasteiger charge is -2.19. The fraction of sp³-hybridized carbons (Fsp3) is 0.227. The summed E-state index contributed by atoms with van der Waals surface area (Å²) >= 11 is 0. The number of anilines is 4. The molecule has 0 fully saturated rings. The maximum atomic E-state index is 11.9. The van der Waals surface area contributed by atoms with Crippen LogP contribution in [0.25, 0.3) is 0 Å². The number of ether oxygens (including phenoxy) is 1. The van der Waals surface area contributed by atoms with E-state index in [4.69, 9.17) is 4.74 Å². The lowest BCUT2D eigenvalue weighted by Crippen LogP contribution is -2.10. The standard InChI is InChI=1S/C22H24N4O2/c1-22(2,3)15-9-11-16(12-10-15)25-19-13-20(24-14-23-19)26-18-8-6-5-7-17(18)21(27)28-4/h5-14H,1-4H3,(H2,23,24,25,26). The highest BCUT2D eigenvalue weighted by Gasteiger charge is 2.13. The lowest BCUT2D eigenvalue weighted by molar-refractivity contribution is 0.0602. The summed E-state index contributed by atoms with van der Waals surface area (Å²) in [7, 11) is 1.36. The van der Waals surface area contributed by atoms with Crippen LogP contribution in [-0.4, -0.2) is 23.0 Å². The van der Waals surface area contributed by atoms with Gasteiger partial charge in [0.15, 0.2) is 0 Å². The first-order valence-electron chi connectivity index (χ1n) is 9.01. The van der Waals surface area contributed by atoms with Crippen LogP contribution in [0.4, 0.5) is 23.0 Å². The second kappa shape index (κ2) is 8.08. The van der Waals surface area contributed by atoms with Gasteiger partial charge in [-0.05, 0) is 35.2 Å². The highest BCUT2D eigenvalue weighted by atomic mass is 16.5. The molecule has 0 saturated heterocycles. The number of nitrogens with zero attached hydrogens (tertiary/aromatic N) is 2. The van der Waals surface area contributed by atoms with Crippen LogP contribution in [0, 0.1) is 0 Å². The average Bonchev–Trinajstić information content (AvgIpc) is 2.68. The second-order valence-electron chi connectivity index (χ2n) is 7.40. The van der Waals surface area contributed by atoms with Gasteiger partial charge in [-0.15, -0.1) is 0 Å². The summed E-state index contributed by atoms with van der Waals surface area (Å²) in [6, 6.07) is 17.2. The Labute approximate surface area is 165 Å². The Kier molecular flexibility index (Phi) is 5.59. The molecule has 0 saturated carbocycles. The SMILES string of the molecule is COC(=O)c1ccccc1Nc1cc(Nc2ccc(C(C)(C)C)cc2)ncn1. The Hall–Kier alpha value is -3.41. The van der Waals surface area contributed by atoms with Crippen molar-refractivity contribution in [2.45, 2.75) is 26.2 Å². The predicted octanol–water partition coefficient (Wildman–Crippen LogP) is 5.05. The van der Waals surface area contributed by atoms with Crippen LogP contribution in [0.2, 0.25) is 0 Å². The molecular weight excluding hydrogens is 352 g/mol. The molecule has 1 aromatic heterocycles. The second-order valence-corrected chi connectivity index (χ2v) is 7.40. The van der Waals surface area contributed by atoms with Crippen LogP contribution >= 0.6 is 0 Å². The number of aromatic nitrogens is 2. The zero-order valence-corrected chi connectivity index (χ0v) is 16.5. The highest BCUT2D eigenvalue weighted by molar-refractivity contribution is 5.96. The number of para-hydroxylation sites is 1. The Balaban J connectivity index is 1.77. The number of carbonyl (C=O) groups is 1. The Morgan fingerprint density at radius 1 is 0.929 bits per heavy atom. The molecule has 0 amide bonds. The third-order valence-electron chi connectivity index (χ3n) is 4.29. The predicted molar refractivity (Wildman–Crippen MR) is 112 cm³/mol. The van der Waals surface area contributed by atoms with Crippen LogP contribution in [0.1, 0.15) is 36.7 Å². The summed E-state index contributed by atoms with van der Waals surface area (Å²) in [6.07, 6.45) is 1.47. The minimum atomic E-state index is -0.408. The third kappa shape index (κ3) is 4.65. The molecule has 144 valence electrons. The number of hydrogen-bond donors (Lipinski definition) is 2. The van der Waals surface area contributed by atoms with Crippen molar-refractivity contribution in [3.05, 3.63) is 72.1 Å². The zero-order valence-electron chi connectivity index (χ0n) is 16.5. The van der Waals surface area contributed by atoms with Gasteiger partial charge < -0.3 is 15.4 Å². The number of esters is 1. The maximum absolute atomic E-state index is 11.9. The zero-order chi connectivity index (χ0) is 20.1. The Morgan fingerprint density at radius 3 is 2.21 bits per heavy atom. The van der Waals surface area contributed by atoms with Gasteiger partial charge in [0.05, 0.1) is 18.4 Å². The van der Waals surface area contributed by atoms with Gasteiger partial charge in [-0.2, -0.15) is 0 Å². The highest BCUT2D eigenvalue weighted by Crippen LogP contribution is 2.25. The van der Waals surface area contributed by atoms with Gasteiger partial charge >= 0.3 is 5.97 Å². The van der Waals surface area contributed by atoms with E-state index >= 15 is 0 Å². The van der Waals surface area contributed by atoms with Crippen LogP contribution in [0.3, 0.4) is 0 Å². The minimum absolute atomic E-state index is 0.109. The van der Waals surface area contributed by atoms with E-state index in [1.807, 2.05) is 18.2 Å². The summed E-state index contributed by atoms with van der Waals surface area (Å²) in [5.74, 6) is 0.811. The summed E-state index contributed by atoms with van der Waals surface area (Å²) < 4.78 is 4.83. The van der Waals surface area contributed by atoms with E-state index in [0.717, 1.165) is 5.69 Å². The molecule has 2 aromatic carbocycles. The molecule has 3 aromatic rings. The fourth-order valence-corrected chi connectivity index (χ4v) is 2.71. The average molecular weight is 376 g/mol. The van der Waals surface area contributed by atoms with Crippen LogP contribution in [-0.2, 0) is 10.2 Å². The van der Waals surface area contributed by atoms with Gasteiger partial charge in [0, 0.05) is 11.8 Å². The number of nitrogens with one attached hydrogen (secondary N) is 2. The summed E-state index contributed by atoms with van der Waals surface area (Å²) in [4.78, 5) is 20.4. The van der Waals surface area contributed by atoms with E-state index in [2.05, 4.69) is 53.5 Å². The van der Waals surface area contributed by atoms with Gasteiger partial charge in [0.1, 0.15) is 18.0 Å². The molecule has 0 aliphatic carbocycles. The first-order chi connectivity index (χ1) is 13.4. The van der Waals surface area contributed by atoms with Crippen molar-refractivity contribution in [2.75, 3.05) is 17.7 Å². The van der Waals surface area contributed by atoms with Crippen LogP contribution in [0.15, 0.2) is 60.9 Å². The van der Waals surface area contributed by atoms with Gasteiger partial charge in [-0.3, -0.25) is 0 Å². The first kappa shape index (κ1) is 19.4. The molecule has 0 aliphatic heterocycles. The normalized spacial score (nSPS) is 11.0. The molecule has 6 nitrogen and oxygen atoms in total. The van der Waals surface area contributed by atoms with E-state index in [1.54, 1.807) is 24.3 Å². The number of hydrogen-bond acceptors (Lipinski definition) is 6. The van der Waals surface area contributed by atoms with Crippen molar-refractivity contribution in [1.29, 1.82) is 0 Å². The van der Waals surface area contributed by atoms with Crippen LogP contribution < -0.4 is 10.6 Å². The summed E-state index contributed by atoms with van der Waals surface area (Å²) in [5.41, 5.74) is 3.37. The van der Waals surface area contributed by atoms with Gasteiger partial charge in [0.2, 0.25) is 0 Å². The van der Waals surface area contributed by atoms with Gasteiger partial charge in [-0.25, -0.2) is 14.8 Å². The van der Waals surface area contributed by atoms with Crippen molar-refractivity contribution in [1.82, 2.24) is 9.97 Å². The van der Waals surface area contributed by atoms with Crippen molar-refractivity contribution >= 4 is 29.0 Å². The number of carbonyl (C=O) groups excluding carboxylic acids is 1. The van der Waals surface area contributed by atoms with Gasteiger partial charge in [-0.1, -0.05) is 45.0 Å². The number of rotatable bonds is 5. The molecule has 0 atom stereocenters. The number of benzene rings is 2. The summed E-state index contributed by atoms with van der Waals surface area (Å²) in [5, 5.41) is 6.43. The molecule has 0 unspecified atom stereocenters. The van der Waals surface area contributed by atoms with Gasteiger partial charge in [0.25, 0.3) is 0 Å². The van der Waals surface area contributed by atoms with E-state index < -0.39 is 5.97 Å². The van der Waals surface area contributed by atoms with Crippen molar-refractivity contribution in [3.63, 3.8) is 0 Å². The molecule has 28 heavy (non-hydrogen) atoms. The molecule has 0 aliphatic rings. The van der Waals surface area contributed by atoms with E-state index in [-0.39, 0.29) is 5.41 Å². The Bertz CT molecular complexity index is 963. The topological polar surface area (TPSA) is 76.1 Å². The molecule has 1 heterocycles. The molecule has 0 spiro atoms. The fourth-order valence-electron chi connectivity index (χ4n) is 2.71. The summed E-state index contributed by atoms with van der Waals surface area (Å²) in [6.45, 7) is 6.55. The molecule has 2 N–H and O–H groups in total. The molecule has 3 rings (SSSR count). The Morgan fingerprint density at radius 2 is 1.57 bits per heavy atom. The quantitative estimate of drug-likeness (QED) is 0.607. The molecular formula is C22H24N4O2. The minimum Gasteiger partial charge on any atom is -0.465 e. The monoisotopic (exact) mass is 376 g/mol. The number of methoxy groups -OCH3 is 1. The first-order valence-corrected chi connectivity index (χ1v) is 9.01. The van der Waals surface area contributed by atoms with Crippen LogP contribution in [0.5, 0.6) is 0 Å². The lowest BCUT2D eigenvalue weighted by atomic mass is 9.87. The molecule has 0 radical (unpaired) electrons. The van der Waals surface area contributed by atoms with E-state index in [0.29, 0.717) is 22.9 Å². The van der Waals surface area contributed by atoms with E-state index in [1.165, 1.54) is 19.0 Å². The van der Waals surface area contributed by atoms with E-state index in [9.17, 15) is 4.79 Å². The van der Waals surface area contributed by atoms with Crippen molar-refractivity contribution < 1.29 is 9.53 Å². The van der Waals surface area contributed by atoms with Crippen molar-refractivity contribution in [3.8, 4) is 0 Å². The maximum Gasteiger partial charge on any atom is 0.339 e.